The second-order valence-corrected chi connectivity index (χ2v) is 29.7. The molecule has 592 valence electrons. The number of aliphatic hydroxyl groups excluding tert-OH is 2. The number of hydrogen-bond donors (Lipinski definition) is 8. The van der Waals surface area contributed by atoms with Crippen LogP contribution in [0.3, 0.4) is 0 Å². The van der Waals surface area contributed by atoms with Crippen LogP contribution in [-0.2, 0) is 65.4 Å². The van der Waals surface area contributed by atoms with Gasteiger partial charge in [-0.3, -0.25) is 37.3 Å². The molecule has 4 unspecified atom stereocenters. The Hall–Kier alpha value is -1.31. The zero-order chi connectivity index (χ0) is 73.8. The smallest absolute Gasteiger partial charge is 1.00 e. The third-order valence-corrected chi connectivity index (χ3v) is 18.9. The summed E-state index contributed by atoms with van der Waals surface area (Å²) in [6.07, 6.45) is 43.7. The van der Waals surface area contributed by atoms with E-state index in [1.807, 2.05) is 0 Å². The van der Waals surface area contributed by atoms with E-state index in [0.717, 1.165) is 167 Å². The zero-order valence-electron chi connectivity index (χ0n) is 67.3. The number of amides is 4. The summed E-state index contributed by atoms with van der Waals surface area (Å²) < 4.78 is 70.6. The number of ether oxygens (including phenoxy) is 4. The number of nitrogens with one attached hydrogen (secondary N) is 4. The van der Waals surface area contributed by atoms with Crippen molar-refractivity contribution in [3.05, 3.63) is 24.3 Å². The number of allylic oxidation sites excluding steroid dienone is 4. The molecule has 8 N–H and O–H groups in total. The van der Waals surface area contributed by atoms with E-state index in [4.69, 9.17) is 37.0 Å². The summed E-state index contributed by atoms with van der Waals surface area (Å²) in [6.45, 7) is 10.4. The summed E-state index contributed by atoms with van der Waals surface area (Å²) >= 11 is 0. The summed E-state index contributed by atoms with van der Waals surface area (Å²) in [7, 11) is -9.57. The number of hydrogen-bond acceptors (Lipinski definition) is 17. The number of phosphoric ester groups is 2. The van der Waals surface area contributed by atoms with Gasteiger partial charge in [-0.25, -0.2) is 13.9 Å². The molecule has 4 amide bonds. The number of phosphoric acid groups is 2. The van der Waals surface area contributed by atoms with Gasteiger partial charge in [0.25, 0.3) is 0 Å². The van der Waals surface area contributed by atoms with Crippen LogP contribution in [-0.4, -0.2) is 152 Å². The standard InChI is InChI=1S/C75H144N4O19P2.2Na.2H/c1-7-13-19-25-27-29-31-37-43-49-73(84)97-69(47-41-35-23-17-11-5)59-71(82)78-65(61-91-55-51-67(80)45-39-33-21-15-9-3)63-95-99(87,88)93-57-53-76-75(86)77-54-58-94-100(89,90)96-64-66(62-92-56-52-68(81)46-40-34-22-16-10-4)79-72(83)60-70(48-42-36-24-18-12-6)98-74(85)50-44-38-32-30-28-26-20-14-8-2;;;;/h29-32,65-70,80-81H,7-28,33-64H2,1-6H3,(H,78,82)(H,79,83)(H,87,88)(H,89,90)(H2,76,77,86);;;;/q;2*+1;2*-1/b31-29-,32-30-;;;;/t65?,66?,67-,68-,69-,70-;;;;/m1..../s1. The summed E-state index contributed by atoms with van der Waals surface area (Å²) in [5.41, 5.74) is 0. The van der Waals surface area contributed by atoms with E-state index >= 15 is 0 Å². The molecule has 0 heterocycles. The van der Waals surface area contributed by atoms with Crippen LogP contribution in [0.1, 0.15) is 327 Å². The van der Waals surface area contributed by atoms with Crippen LogP contribution in [0, 0.1) is 0 Å². The quantitative estimate of drug-likeness (QED) is 0.00922. The average molecular weight is 1520 g/mol. The molecule has 23 nitrogen and oxygen atoms in total. The van der Waals surface area contributed by atoms with Crippen molar-refractivity contribution >= 4 is 45.4 Å². The van der Waals surface area contributed by atoms with Gasteiger partial charge in [-0.15, -0.1) is 0 Å². The number of rotatable bonds is 74. The van der Waals surface area contributed by atoms with Gasteiger partial charge in [-0.05, 0) is 103 Å². The Morgan fingerprint density at radius 1 is 0.382 bits per heavy atom. The minimum absolute atomic E-state index is 0. The van der Waals surface area contributed by atoms with Gasteiger partial charge in [0, 0.05) is 39.1 Å². The maximum absolute atomic E-state index is 13.7. The third-order valence-electron chi connectivity index (χ3n) is 17.0. The molecule has 0 fully saturated rings. The van der Waals surface area contributed by atoms with E-state index in [-0.39, 0.29) is 139 Å². The van der Waals surface area contributed by atoms with E-state index in [2.05, 4.69) is 87.1 Å². The van der Waals surface area contributed by atoms with Gasteiger partial charge in [-0.2, -0.15) is 0 Å². The van der Waals surface area contributed by atoms with Crippen LogP contribution in [0.15, 0.2) is 24.3 Å². The molecule has 0 rings (SSSR count). The minimum Gasteiger partial charge on any atom is -1.00 e. The molecule has 0 aliphatic carbocycles. The molecule has 8 atom stereocenters. The first-order valence-corrected chi connectivity index (χ1v) is 42.4. The van der Waals surface area contributed by atoms with Gasteiger partial charge < -0.3 is 63.1 Å². The molecule has 102 heavy (non-hydrogen) atoms. The first-order chi connectivity index (χ1) is 48.3. The Morgan fingerprint density at radius 2 is 0.686 bits per heavy atom. The maximum Gasteiger partial charge on any atom is 1.00 e. The Kier molecular flexibility index (Phi) is 77.2. The Morgan fingerprint density at radius 3 is 1.02 bits per heavy atom. The molecule has 0 bridgehead atoms. The van der Waals surface area contributed by atoms with Crippen LogP contribution in [0.5, 0.6) is 0 Å². The fraction of sp³-hybridized carbons (Fsp3) is 0.880. The normalized spacial score (nSPS) is 14.5. The van der Waals surface area contributed by atoms with Crippen molar-refractivity contribution in [2.75, 3.05) is 65.9 Å². The molecule has 0 radical (unpaired) electrons. The van der Waals surface area contributed by atoms with E-state index in [9.17, 15) is 53.1 Å². The molecule has 0 saturated carbocycles. The minimum atomic E-state index is -4.78. The molecule has 0 aliphatic rings. The average Bonchev–Trinajstić information content (AvgIpc) is 0.920. The number of aliphatic hydroxyl groups is 2. The van der Waals surface area contributed by atoms with Crippen molar-refractivity contribution in [1.29, 1.82) is 0 Å². The van der Waals surface area contributed by atoms with Crippen LogP contribution in [0.2, 0.25) is 0 Å². The van der Waals surface area contributed by atoms with Gasteiger partial charge in [-0.1, -0.05) is 220 Å². The van der Waals surface area contributed by atoms with Crippen LogP contribution >= 0.6 is 15.6 Å². The number of carbonyl (C=O) groups is 5. The van der Waals surface area contributed by atoms with Gasteiger partial charge in [0.15, 0.2) is 0 Å². The molecule has 27 heteroatoms. The molecule has 0 aromatic rings. The SMILES string of the molecule is CCCCCC/C=C\CCCC(=O)O[C@H](CCCCCCC)CC(=O)NC(COCC[C@H](O)CCCCCCC)COP(=O)(O)OCCNC(=O)NCCOP(=O)(O)OCC(COCC[C@H](O)CCCCCCC)NC(=O)C[C@@H](CCCCCCC)OC(=O)CCC/C=C\CCCCCC.[H-].[H-].[Na+].[Na+]. The van der Waals surface area contributed by atoms with E-state index in [0.29, 0.717) is 51.4 Å². The monoisotopic (exact) mass is 1510 g/mol. The van der Waals surface area contributed by atoms with Crippen molar-refractivity contribution < 1.29 is 152 Å². The van der Waals surface area contributed by atoms with Gasteiger partial charge in [0.05, 0.1) is 76.8 Å². The van der Waals surface area contributed by atoms with Crippen molar-refractivity contribution in [1.82, 2.24) is 21.3 Å². The first-order valence-electron chi connectivity index (χ1n) is 39.4. The molecular weight excluding hydrogens is 1370 g/mol. The van der Waals surface area contributed by atoms with Crippen molar-refractivity contribution in [2.45, 2.75) is 361 Å². The summed E-state index contributed by atoms with van der Waals surface area (Å²) in [6, 6.07) is -2.66. The van der Waals surface area contributed by atoms with Crippen LogP contribution in [0.25, 0.3) is 0 Å². The van der Waals surface area contributed by atoms with Gasteiger partial charge >= 0.3 is 92.7 Å². The molecule has 0 aromatic carbocycles. The summed E-state index contributed by atoms with van der Waals surface area (Å²) in [4.78, 5) is 87.4. The molecule has 0 saturated heterocycles. The number of carbonyl (C=O) groups excluding carboxylic acids is 5. The van der Waals surface area contributed by atoms with Crippen LogP contribution < -0.4 is 80.4 Å². The molecular formula is C75H146N4Na2O19P2. The largest absolute Gasteiger partial charge is 1.00 e. The van der Waals surface area contributed by atoms with Crippen molar-refractivity contribution in [2.24, 2.45) is 0 Å². The van der Waals surface area contributed by atoms with Crippen molar-refractivity contribution in [3.8, 4) is 0 Å². The van der Waals surface area contributed by atoms with Gasteiger partial charge in [0.2, 0.25) is 11.8 Å². The van der Waals surface area contributed by atoms with E-state index in [1.165, 1.54) is 38.5 Å². The second-order valence-electron chi connectivity index (χ2n) is 26.8. The Balaban J connectivity index is -0.00000817. The number of unbranched alkanes of at least 4 members (excludes halogenated alkanes) is 26. The second kappa shape index (κ2) is 75.1. The summed E-state index contributed by atoms with van der Waals surface area (Å²) in [5, 5.41) is 31.7. The third kappa shape index (κ3) is 71.6. The maximum atomic E-state index is 13.7. The predicted molar refractivity (Wildman–Crippen MR) is 400 cm³/mol. The number of urea groups is 1. The zero-order valence-corrected chi connectivity index (χ0v) is 71.1. The fourth-order valence-corrected chi connectivity index (χ4v) is 12.5. The van der Waals surface area contributed by atoms with E-state index in [1.54, 1.807) is 0 Å². The number of esters is 2. The Bertz CT molecular complexity index is 2020. The topological polar surface area (TPSA) is 322 Å². The van der Waals surface area contributed by atoms with E-state index < -0.39 is 96.4 Å². The fourth-order valence-electron chi connectivity index (χ4n) is 11.0. The molecule has 0 aliphatic heterocycles. The molecule has 0 aromatic heterocycles. The first kappa shape index (κ1) is 105. The van der Waals surface area contributed by atoms with Gasteiger partial charge in [0.1, 0.15) is 12.2 Å². The molecule has 0 spiro atoms. The predicted octanol–water partition coefficient (Wildman–Crippen LogP) is 10.7. The van der Waals surface area contributed by atoms with Crippen molar-refractivity contribution in [3.63, 3.8) is 0 Å². The van der Waals surface area contributed by atoms with Crippen LogP contribution in [0.4, 0.5) is 4.79 Å². The Labute approximate surface area is 664 Å². The summed E-state index contributed by atoms with van der Waals surface area (Å²) in [5.74, 6) is -1.71.